The molecule has 0 bridgehead atoms. The zero-order valence-corrected chi connectivity index (χ0v) is 12.1. The van der Waals surface area contributed by atoms with Gasteiger partial charge in [-0.25, -0.2) is 8.78 Å². The van der Waals surface area contributed by atoms with Gasteiger partial charge in [-0.15, -0.1) is 0 Å². The van der Waals surface area contributed by atoms with Crippen molar-refractivity contribution in [3.8, 4) is 0 Å². The van der Waals surface area contributed by atoms with Crippen molar-refractivity contribution in [2.75, 3.05) is 0 Å². The Labute approximate surface area is 119 Å². The van der Waals surface area contributed by atoms with Gasteiger partial charge in [0.25, 0.3) is 0 Å². The van der Waals surface area contributed by atoms with Gasteiger partial charge in [-0.3, -0.25) is 4.79 Å². The molecule has 0 radical (unpaired) electrons. The number of rotatable bonds is 3. The van der Waals surface area contributed by atoms with Crippen LogP contribution in [0.1, 0.15) is 31.2 Å². The summed E-state index contributed by atoms with van der Waals surface area (Å²) in [6.45, 7) is 0. The molecule has 0 spiro atoms. The van der Waals surface area contributed by atoms with Crippen molar-refractivity contribution in [1.29, 1.82) is 0 Å². The third-order valence-electron chi connectivity index (χ3n) is 3.39. The van der Waals surface area contributed by atoms with Gasteiger partial charge in [0.05, 0.1) is 6.42 Å². The SMILES string of the molecule is O=C(Cc1ccc(F)cc1F)NC1CCC(Br)CC1. The molecule has 1 amide bonds. The van der Waals surface area contributed by atoms with Crippen molar-refractivity contribution < 1.29 is 13.6 Å². The van der Waals surface area contributed by atoms with E-state index in [1.807, 2.05) is 0 Å². The zero-order chi connectivity index (χ0) is 13.8. The molecule has 1 aliphatic carbocycles. The molecule has 5 heteroatoms. The second-order valence-electron chi connectivity index (χ2n) is 4.93. The highest BCUT2D eigenvalue weighted by Crippen LogP contribution is 2.24. The number of nitrogens with one attached hydrogen (secondary N) is 1. The summed E-state index contributed by atoms with van der Waals surface area (Å²) in [6, 6.07) is 3.46. The van der Waals surface area contributed by atoms with Crippen molar-refractivity contribution >= 4 is 21.8 Å². The minimum Gasteiger partial charge on any atom is -0.353 e. The van der Waals surface area contributed by atoms with Crippen LogP contribution in [0.3, 0.4) is 0 Å². The topological polar surface area (TPSA) is 29.1 Å². The van der Waals surface area contributed by atoms with E-state index in [0.717, 1.165) is 31.7 Å². The Kier molecular flexibility index (Phi) is 4.91. The molecule has 0 saturated heterocycles. The first kappa shape index (κ1) is 14.4. The van der Waals surface area contributed by atoms with Gasteiger partial charge in [-0.2, -0.15) is 0 Å². The third-order valence-corrected chi connectivity index (χ3v) is 4.30. The molecule has 2 rings (SSSR count). The quantitative estimate of drug-likeness (QED) is 0.846. The van der Waals surface area contributed by atoms with Crippen LogP contribution in [0.25, 0.3) is 0 Å². The Balaban J connectivity index is 1.87. The summed E-state index contributed by atoms with van der Waals surface area (Å²) in [6.07, 6.45) is 3.91. The van der Waals surface area contributed by atoms with E-state index in [1.165, 1.54) is 12.1 Å². The summed E-state index contributed by atoms with van der Waals surface area (Å²) in [7, 11) is 0. The highest BCUT2D eigenvalue weighted by molar-refractivity contribution is 9.09. The van der Waals surface area contributed by atoms with Crippen molar-refractivity contribution in [2.24, 2.45) is 0 Å². The van der Waals surface area contributed by atoms with Crippen molar-refractivity contribution in [2.45, 2.75) is 43.0 Å². The lowest BCUT2D eigenvalue weighted by Gasteiger charge is -2.26. The number of amides is 1. The number of alkyl halides is 1. The monoisotopic (exact) mass is 331 g/mol. The van der Waals surface area contributed by atoms with Gasteiger partial charge in [0, 0.05) is 16.9 Å². The number of hydrogen-bond donors (Lipinski definition) is 1. The van der Waals surface area contributed by atoms with Crippen molar-refractivity contribution in [3.63, 3.8) is 0 Å². The van der Waals surface area contributed by atoms with Crippen LogP contribution in [0, 0.1) is 11.6 Å². The average Bonchev–Trinajstić information content (AvgIpc) is 2.36. The van der Waals surface area contributed by atoms with Gasteiger partial charge in [0.2, 0.25) is 5.91 Å². The van der Waals surface area contributed by atoms with Crippen molar-refractivity contribution in [3.05, 3.63) is 35.4 Å². The largest absolute Gasteiger partial charge is 0.353 e. The lowest BCUT2D eigenvalue weighted by Crippen LogP contribution is -2.38. The molecule has 0 aromatic heterocycles. The summed E-state index contributed by atoms with van der Waals surface area (Å²) < 4.78 is 26.2. The first-order valence-corrected chi connectivity index (χ1v) is 7.33. The molecule has 1 fully saturated rings. The van der Waals surface area contributed by atoms with Crippen LogP contribution in [0.15, 0.2) is 18.2 Å². The molecule has 1 aromatic carbocycles. The second-order valence-corrected chi connectivity index (χ2v) is 6.22. The molecule has 0 aliphatic heterocycles. The highest BCUT2D eigenvalue weighted by Gasteiger charge is 2.21. The lowest BCUT2D eigenvalue weighted by atomic mass is 9.95. The van der Waals surface area contributed by atoms with E-state index in [2.05, 4.69) is 21.2 Å². The van der Waals surface area contributed by atoms with E-state index < -0.39 is 11.6 Å². The molecule has 1 aromatic rings. The minimum absolute atomic E-state index is 0.0413. The molecule has 1 saturated carbocycles. The fourth-order valence-electron chi connectivity index (χ4n) is 2.31. The summed E-state index contributed by atoms with van der Waals surface area (Å²) in [5.74, 6) is -1.50. The van der Waals surface area contributed by atoms with Gasteiger partial charge in [0.1, 0.15) is 11.6 Å². The molecule has 0 heterocycles. The predicted molar refractivity (Wildman–Crippen MR) is 73.2 cm³/mol. The molecule has 1 aliphatic rings. The summed E-state index contributed by atoms with van der Waals surface area (Å²) in [5.41, 5.74) is 0.230. The number of carbonyl (C=O) groups is 1. The second kappa shape index (κ2) is 6.46. The van der Waals surface area contributed by atoms with Crippen LogP contribution in [-0.4, -0.2) is 16.8 Å². The van der Waals surface area contributed by atoms with Gasteiger partial charge >= 0.3 is 0 Å². The number of halogens is 3. The van der Waals surface area contributed by atoms with Gasteiger partial charge < -0.3 is 5.32 Å². The van der Waals surface area contributed by atoms with Crippen LogP contribution >= 0.6 is 15.9 Å². The first-order chi connectivity index (χ1) is 9.04. The van der Waals surface area contributed by atoms with E-state index in [0.29, 0.717) is 4.83 Å². The maximum absolute atomic E-state index is 13.4. The Hall–Kier alpha value is -0.970. The first-order valence-electron chi connectivity index (χ1n) is 6.42. The predicted octanol–water partition coefficient (Wildman–Crippen LogP) is 3.33. The van der Waals surface area contributed by atoms with E-state index in [4.69, 9.17) is 0 Å². The smallest absolute Gasteiger partial charge is 0.224 e. The van der Waals surface area contributed by atoms with Gasteiger partial charge in [-0.1, -0.05) is 22.0 Å². The molecule has 1 N–H and O–H groups in total. The van der Waals surface area contributed by atoms with Gasteiger partial charge in [0.15, 0.2) is 0 Å². The Bertz CT molecular complexity index is 459. The van der Waals surface area contributed by atoms with Crippen LogP contribution in [0.2, 0.25) is 0 Å². The number of carbonyl (C=O) groups excluding carboxylic acids is 1. The number of hydrogen-bond acceptors (Lipinski definition) is 1. The van der Waals surface area contributed by atoms with Gasteiger partial charge in [-0.05, 0) is 37.3 Å². The zero-order valence-electron chi connectivity index (χ0n) is 10.5. The molecular weight excluding hydrogens is 316 g/mol. The maximum Gasteiger partial charge on any atom is 0.224 e. The molecule has 0 atom stereocenters. The van der Waals surface area contributed by atoms with E-state index in [1.54, 1.807) is 0 Å². The minimum atomic E-state index is -0.667. The summed E-state index contributed by atoms with van der Waals surface area (Å²) >= 11 is 3.55. The van der Waals surface area contributed by atoms with Crippen LogP contribution < -0.4 is 5.32 Å². The average molecular weight is 332 g/mol. The molecular formula is C14H16BrF2NO. The fraction of sp³-hybridized carbons (Fsp3) is 0.500. The number of benzene rings is 1. The van der Waals surface area contributed by atoms with E-state index in [9.17, 15) is 13.6 Å². The summed E-state index contributed by atoms with van der Waals surface area (Å²) in [5, 5.41) is 2.91. The molecule has 0 unspecified atom stereocenters. The Morgan fingerprint density at radius 3 is 2.58 bits per heavy atom. The maximum atomic E-state index is 13.4. The van der Waals surface area contributed by atoms with Crippen LogP contribution in [-0.2, 0) is 11.2 Å². The Morgan fingerprint density at radius 1 is 1.26 bits per heavy atom. The van der Waals surface area contributed by atoms with Crippen LogP contribution in [0.5, 0.6) is 0 Å². The Morgan fingerprint density at radius 2 is 1.95 bits per heavy atom. The standard InChI is InChI=1S/C14H16BrF2NO/c15-10-2-5-12(6-3-10)18-14(19)7-9-1-4-11(16)8-13(9)17/h1,4,8,10,12H,2-3,5-7H2,(H,18,19). The normalized spacial score (nSPS) is 23.1. The van der Waals surface area contributed by atoms with E-state index >= 15 is 0 Å². The third kappa shape index (κ3) is 4.27. The summed E-state index contributed by atoms with van der Waals surface area (Å²) in [4.78, 5) is 12.4. The molecule has 19 heavy (non-hydrogen) atoms. The molecule has 2 nitrogen and oxygen atoms in total. The lowest BCUT2D eigenvalue weighted by molar-refractivity contribution is -0.121. The molecule has 104 valence electrons. The van der Waals surface area contributed by atoms with Crippen molar-refractivity contribution in [1.82, 2.24) is 5.32 Å². The van der Waals surface area contributed by atoms with E-state index in [-0.39, 0.29) is 23.9 Å². The fourth-order valence-corrected chi connectivity index (χ4v) is 2.84. The highest BCUT2D eigenvalue weighted by atomic mass is 79.9. The van der Waals surface area contributed by atoms with Crippen LogP contribution in [0.4, 0.5) is 8.78 Å².